The Balaban J connectivity index is 0.000000500. The Morgan fingerprint density at radius 3 is 2.71 bits per heavy atom. The fraction of sp³-hybridized carbons (Fsp3) is 0.364. The van der Waals surface area contributed by atoms with Crippen molar-refractivity contribution in [3.05, 3.63) is 36.0 Å². The summed E-state index contributed by atoms with van der Waals surface area (Å²) in [7, 11) is 0. The first-order valence-corrected chi connectivity index (χ1v) is 4.80. The predicted octanol–water partition coefficient (Wildman–Crippen LogP) is 1.84. The summed E-state index contributed by atoms with van der Waals surface area (Å²) in [5.74, 6) is 4.71. The van der Waals surface area contributed by atoms with Gasteiger partial charge in [0.1, 0.15) is 0 Å². The Labute approximate surface area is 85.3 Å². The molecule has 0 radical (unpaired) electrons. The third-order valence-corrected chi connectivity index (χ3v) is 1.39. The normalized spacial score (nSPS) is 13.5. The van der Waals surface area contributed by atoms with Gasteiger partial charge in [-0.25, -0.2) is 5.84 Å². The second-order valence-electron chi connectivity index (χ2n) is 2.86. The highest BCUT2D eigenvalue weighted by Gasteiger charge is 2.02. The number of hydrogen-bond donors (Lipinski definition) is 2. The van der Waals surface area contributed by atoms with Crippen LogP contribution in [0.2, 0.25) is 0 Å². The highest BCUT2D eigenvalue weighted by atomic mass is 16.2. The zero-order chi connectivity index (χ0) is 10.8. The largest absolute Gasteiger partial charge is 0.290 e. The smallest absolute Gasteiger partial charge is 0.264 e. The molecule has 3 heteroatoms. The van der Waals surface area contributed by atoms with E-state index in [0.717, 1.165) is 6.42 Å². The van der Waals surface area contributed by atoms with Crippen LogP contribution in [0.15, 0.2) is 36.0 Å². The van der Waals surface area contributed by atoms with Crippen LogP contribution in [0.1, 0.15) is 26.7 Å². The molecule has 3 N–H and O–H groups in total. The molecule has 78 valence electrons. The van der Waals surface area contributed by atoms with E-state index < -0.39 is 0 Å². The third-order valence-electron chi connectivity index (χ3n) is 1.39. The number of carbonyl (C=O) groups is 1. The topological polar surface area (TPSA) is 55.1 Å². The van der Waals surface area contributed by atoms with Gasteiger partial charge >= 0.3 is 0 Å². The van der Waals surface area contributed by atoms with Crippen molar-refractivity contribution in [2.45, 2.75) is 26.7 Å². The van der Waals surface area contributed by atoms with Gasteiger partial charge in [0.15, 0.2) is 0 Å². The number of carbonyl (C=O) groups excluding carboxylic acids is 1. The van der Waals surface area contributed by atoms with Gasteiger partial charge in [0, 0.05) is 5.57 Å². The third kappa shape index (κ3) is 5.32. The van der Waals surface area contributed by atoms with E-state index >= 15 is 0 Å². The maximum Gasteiger partial charge on any atom is 0.264 e. The number of hydrazine groups is 1. The second kappa shape index (κ2) is 8.26. The first-order valence-electron chi connectivity index (χ1n) is 4.80. The van der Waals surface area contributed by atoms with E-state index in [9.17, 15) is 4.79 Å². The van der Waals surface area contributed by atoms with Crippen molar-refractivity contribution >= 4 is 5.91 Å². The van der Waals surface area contributed by atoms with E-state index in [2.05, 4.69) is 19.3 Å². The summed E-state index contributed by atoms with van der Waals surface area (Å²) in [6.45, 7) is 4.25. The lowest BCUT2D eigenvalue weighted by Gasteiger charge is -1.97. The molecule has 0 aromatic rings. The van der Waals surface area contributed by atoms with Crippen molar-refractivity contribution in [3.8, 4) is 0 Å². The molecule has 0 unspecified atom stereocenters. The number of amides is 1. The van der Waals surface area contributed by atoms with E-state index in [-0.39, 0.29) is 5.91 Å². The lowest BCUT2D eigenvalue weighted by Crippen LogP contribution is -2.30. The van der Waals surface area contributed by atoms with Crippen LogP contribution >= 0.6 is 0 Å². The van der Waals surface area contributed by atoms with Crippen LogP contribution < -0.4 is 11.3 Å². The second-order valence-corrected chi connectivity index (χ2v) is 2.86. The van der Waals surface area contributed by atoms with Gasteiger partial charge < -0.3 is 0 Å². The summed E-state index contributed by atoms with van der Waals surface area (Å²) in [6, 6.07) is 0. The Morgan fingerprint density at radius 2 is 2.14 bits per heavy atom. The van der Waals surface area contributed by atoms with Crippen molar-refractivity contribution in [2.75, 3.05) is 0 Å². The summed E-state index contributed by atoms with van der Waals surface area (Å²) in [5, 5.41) is 0. The number of allylic oxidation sites excluding steroid dienone is 4. The molecule has 1 aliphatic carbocycles. The van der Waals surface area contributed by atoms with Gasteiger partial charge in [-0.3, -0.25) is 10.2 Å². The van der Waals surface area contributed by atoms with Gasteiger partial charge in [-0.15, -0.1) is 0 Å². The minimum atomic E-state index is -0.245. The molecule has 14 heavy (non-hydrogen) atoms. The molecule has 0 aromatic heterocycles. The monoisotopic (exact) mass is 194 g/mol. The quantitative estimate of drug-likeness (QED) is 0.380. The van der Waals surface area contributed by atoms with Crippen LogP contribution in [-0.2, 0) is 4.79 Å². The van der Waals surface area contributed by atoms with Crippen molar-refractivity contribution in [3.63, 3.8) is 0 Å². The van der Waals surface area contributed by atoms with Gasteiger partial charge in [-0.2, -0.15) is 0 Å². The lowest BCUT2D eigenvalue weighted by atomic mass is 10.2. The molecule has 3 nitrogen and oxygen atoms in total. The average Bonchev–Trinajstić information content (AvgIpc) is 2.46. The molecule has 0 atom stereocenters. The van der Waals surface area contributed by atoms with Gasteiger partial charge in [0.05, 0.1) is 0 Å². The van der Waals surface area contributed by atoms with Crippen LogP contribution in [0.25, 0.3) is 0 Å². The lowest BCUT2D eigenvalue weighted by molar-refractivity contribution is -0.117. The van der Waals surface area contributed by atoms with E-state index in [1.54, 1.807) is 6.08 Å². The molecule has 0 bridgehead atoms. The van der Waals surface area contributed by atoms with E-state index in [1.165, 1.54) is 6.42 Å². The van der Waals surface area contributed by atoms with Crippen molar-refractivity contribution in [1.82, 2.24) is 5.43 Å². The molecule has 0 aromatic carbocycles. The van der Waals surface area contributed by atoms with Gasteiger partial charge in [-0.05, 0) is 12.5 Å². The minimum absolute atomic E-state index is 0.245. The van der Waals surface area contributed by atoms with Crippen LogP contribution in [-0.4, -0.2) is 5.91 Å². The number of nitrogens with one attached hydrogen (secondary N) is 1. The van der Waals surface area contributed by atoms with Crippen LogP contribution in [0.3, 0.4) is 0 Å². The summed E-state index contributed by atoms with van der Waals surface area (Å²) >= 11 is 0. The first kappa shape index (κ1) is 12.7. The fourth-order valence-corrected chi connectivity index (χ4v) is 0.831. The Kier molecular flexibility index (Phi) is 7.46. The van der Waals surface area contributed by atoms with Gasteiger partial charge in [0.2, 0.25) is 0 Å². The van der Waals surface area contributed by atoms with Crippen molar-refractivity contribution in [2.24, 2.45) is 5.84 Å². The molecule has 0 aliphatic heterocycles. The van der Waals surface area contributed by atoms with Crippen LogP contribution in [0.5, 0.6) is 0 Å². The standard InChI is InChI=1S/C8H10N2O.C3H8/c9-10-8(11)7-5-3-1-2-4-6-7;1-3-2/h1-3,5-6H,4,9H2,(H,10,11);3H2,1-2H3. The molecule has 0 spiro atoms. The number of rotatable bonds is 1. The maximum atomic E-state index is 10.9. The molecule has 0 saturated carbocycles. The van der Waals surface area contributed by atoms with Crippen LogP contribution in [0.4, 0.5) is 0 Å². The summed E-state index contributed by atoms with van der Waals surface area (Å²) < 4.78 is 0. The molecule has 0 heterocycles. The molecular weight excluding hydrogens is 176 g/mol. The molecule has 1 rings (SSSR count). The SMILES string of the molecule is CCC.NNC(=O)C1=CCC=CC=C1. The van der Waals surface area contributed by atoms with E-state index in [4.69, 9.17) is 5.84 Å². The fourth-order valence-electron chi connectivity index (χ4n) is 0.831. The molecule has 0 saturated heterocycles. The van der Waals surface area contributed by atoms with E-state index in [1.807, 2.05) is 24.3 Å². The molecule has 1 aliphatic rings. The van der Waals surface area contributed by atoms with Gasteiger partial charge in [-0.1, -0.05) is 44.6 Å². The van der Waals surface area contributed by atoms with Crippen LogP contribution in [0, 0.1) is 0 Å². The molecule has 1 amide bonds. The zero-order valence-electron chi connectivity index (χ0n) is 8.79. The van der Waals surface area contributed by atoms with Crippen molar-refractivity contribution in [1.29, 1.82) is 0 Å². The summed E-state index contributed by atoms with van der Waals surface area (Å²) in [6.07, 6.45) is 11.2. The Bertz CT molecular complexity index is 252. The Morgan fingerprint density at radius 1 is 1.50 bits per heavy atom. The zero-order valence-corrected chi connectivity index (χ0v) is 8.79. The molecular formula is C11H18N2O. The first-order chi connectivity index (χ1) is 6.76. The highest BCUT2D eigenvalue weighted by molar-refractivity contribution is 5.95. The maximum absolute atomic E-state index is 10.9. The number of hydrogen-bond acceptors (Lipinski definition) is 2. The minimum Gasteiger partial charge on any atom is -0.290 e. The number of nitrogens with two attached hydrogens (primary N) is 1. The highest BCUT2D eigenvalue weighted by Crippen LogP contribution is 2.03. The van der Waals surface area contributed by atoms with Gasteiger partial charge in [0.25, 0.3) is 5.91 Å². The average molecular weight is 194 g/mol. The van der Waals surface area contributed by atoms with E-state index in [0.29, 0.717) is 5.57 Å². The molecule has 0 fully saturated rings. The summed E-state index contributed by atoms with van der Waals surface area (Å²) in [5.41, 5.74) is 2.68. The Hall–Kier alpha value is -1.35. The summed E-state index contributed by atoms with van der Waals surface area (Å²) in [4.78, 5) is 10.9. The predicted molar refractivity (Wildman–Crippen MR) is 59.3 cm³/mol. The van der Waals surface area contributed by atoms with Crippen molar-refractivity contribution < 1.29 is 4.79 Å².